The second-order valence-electron chi connectivity index (χ2n) is 2.61. The van der Waals surface area contributed by atoms with Crippen LogP contribution >= 0.6 is 0 Å². The second kappa shape index (κ2) is 2.62. The fourth-order valence-corrected chi connectivity index (χ4v) is 1.02. The Kier molecular flexibility index (Phi) is 2.03. The molecule has 54 valence electrons. The van der Waals surface area contributed by atoms with Crippen LogP contribution in [0.25, 0.3) is 0 Å². The predicted octanol–water partition coefficient (Wildman–Crippen LogP) is 0.553. The summed E-state index contributed by atoms with van der Waals surface area (Å²) < 4.78 is 12.6. The first-order valence-corrected chi connectivity index (χ1v) is 3.37. The minimum atomic E-state index is 0.0266. The van der Waals surface area contributed by atoms with E-state index in [9.17, 15) is 4.48 Å². The quantitative estimate of drug-likeness (QED) is 0.484. The Bertz CT molecular complexity index is 87.1. The van der Waals surface area contributed by atoms with Gasteiger partial charge in [0.2, 0.25) is 0 Å². The van der Waals surface area contributed by atoms with Crippen LogP contribution in [0.4, 0.5) is 4.48 Å². The highest BCUT2D eigenvalue weighted by molar-refractivity contribution is 4.78. The molecule has 0 bridgehead atoms. The fourth-order valence-electron chi connectivity index (χ4n) is 1.02. The van der Waals surface area contributed by atoms with Crippen LogP contribution in [0.2, 0.25) is 0 Å². The Morgan fingerprint density at radius 1 is 1.56 bits per heavy atom. The molecule has 0 aromatic carbocycles. The molecule has 0 aromatic heterocycles. The van der Waals surface area contributed by atoms with Crippen molar-refractivity contribution in [3.05, 3.63) is 0 Å². The van der Waals surface area contributed by atoms with Gasteiger partial charge in [0.15, 0.2) is 0 Å². The Hall–Kier alpha value is -0.150. The van der Waals surface area contributed by atoms with Gasteiger partial charge in [0, 0.05) is 19.1 Å². The molecule has 0 saturated carbocycles. The van der Waals surface area contributed by atoms with Crippen LogP contribution in [0.1, 0.15) is 13.8 Å². The van der Waals surface area contributed by atoms with Crippen molar-refractivity contribution >= 4 is 0 Å². The van der Waals surface area contributed by atoms with Gasteiger partial charge in [-0.05, 0) is 13.8 Å². The minimum absolute atomic E-state index is 0.0266. The largest absolute Gasteiger partial charge is 0.311 e. The van der Waals surface area contributed by atoms with Crippen LogP contribution in [0.3, 0.4) is 0 Å². The van der Waals surface area contributed by atoms with Crippen LogP contribution in [0, 0.1) is 0 Å². The highest BCUT2D eigenvalue weighted by atomic mass is 19.2. The van der Waals surface area contributed by atoms with Crippen molar-refractivity contribution < 1.29 is 4.48 Å². The summed E-state index contributed by atoms with van der Waals surface area (Å²) in [5.41, 5.74) is 0. The highest BCUT2D eigenvalue weighted by Gasteiger charge is 2.23. The van der Waals surface area contributed by atoms with Crippen molar-refractivity contribution in [3.63, 3.8) is 0 Å². The molecule has 0 aromatic rings. The standard InChI is InChI=1S/C6H13FN2/c1-5-6(2)9(7)4-3-8-5/h5-6,8H,3-4H2,1-2H3. The molecule has 1 saturated heterocycles. The van der Waals surface area contributed by atoms with Gasteiger partial charge in [-0.25, -0.2) is 0 Å². The number of piperazine rings is 1. The Morgan fingerprint density at radius 3 is 2.67 bits per heavy atom. The van der Waals surface area contributed by atoms with Crippen LogP contribution in [0.5, 0.6) is 0 Å². The lowest BCUT2D eigenvalue weighted by molar-refractivity contribution is -0.0447. The third-order valence-electron chi connectivity index (χ3n) is 1.96. The van der Waals surface area contributed by atoms with Gasteiger partial charge < -0.3 is 5.32 Å². The molecule has 1 aliphatic heterocycles. The summed E-state index contributed by atoms with van der Waals surface area (Å²) >= 11 is 0. The number of halogens is 1. The monoisotopic (exact) mass is 132 g/mol. The first-order valence-electron chi connectivity index (χ1n) is 3.37. The maximum atomic E-state index is 12.6. The summed E-state index contributed by atoms with van der Waals surface area (Å²) in [7, 11) is 0. The van der Waals surface area contributed by atoms with E-state index < -0.39 is 0 Å². The Balaban J connectivity index is 2.41. The van der Waals surface area contributed by atoms with Crippen molar-refractivity contribution in [1.29, 1.82) is 0 Å². The molecule has 1 rings (SSSR count). The van der Waals surface area contributed by atoms with Gasteiger partial charge in [-0.1, -0.05) is 0 Å². The van der Waals surface area contributed by atoms with Crippen LogP contribution in [-0.4, -0.2) is 30.3 Å². The van der Waals surface area contributed by atoms with Crippen molar-refractivity contribution in [1.82, 2.24) is 10.4 Å². The molecule has 9 heavy (non-hydrogen) atoms. The lowest BCUT2D eigenvalue weighted by Crippen LogP contribution is -2.51. The first kappa shape index (κ1) is 6.96. The van der Waals surface area contributed by atoms with E-state index in [1.807, 2.05) is 13.8 Å². The Morgan fingerprint density at radius 2 is 2.22 bits per heavy atom. The van der Waals surface area contributed by atoms with Crippen molar-refractivity contribution in [3.8, 4) is 0 Å². The molecule has 1 fully saturated rings. The highest BCUT2D eigenvalue weighted by Crippen LogP contribution is 2.07. The van der Waals surface area contributed by atoms with E-state index in [0.717, 1.165) is 11.7 Å². The smallest absolute Gasteiger partial charge is 0.0525 e. The summed E-state index contributed by atoms with van der Waals surface area (Å²) in [5, 5.41) is 4.07. The molecule has 0 radical (unpaired) electrons. The maximum absolute atomic E-state index is 12.6. The van der Waals surface area contributed by atoms with Gasteiger partial charge in [0.1, 0.15) is 0 Å². The van der Waals surface area contributed by atoms with Gasteiger partial charge in [0.25, 0.3) is 0 Å². The topological polar surface area (TPSA) is 15.3 Å². The Labute approximate surface area is 55.0 Å². The summed E-state index contributed by atoms with van der Waals surface area (Å²) in [6.07, 6.45) is 0. The molecule has 0 aliphatic carbocycles. The molecule has 1 N–H and O–H groups in total. The fraction of sp³-hybridized carbons (Fsp3) is 1.00. The molecular weight excluding hydrogens is 119 g/mol. The van der Waals surface area contributed by atoms with E-state index >= 15 is 0 Å². The lowest BCUT2D eigenvalue weighted by atomic mass is 10.1. The van der Waals surface area contributed by atoms with E-state index in [4.69, 9.17) is 0 Å². The summed E-state index contributed by atoms with van der Waals surface area (Å²) in [6, 6.07) is 0.308. The van der Waals surface area contributed by atoms with Crippen LogP contribution in [0.15, 0.2) is 0 Å². The van der Waals surface area contributed by atoms with E-state index in [1.165, 1.54) is 0 Å². The molecule has 1 heterocycles. The zero-order chi connectivity index (χ0) is 6.85. The number of nitrogens with one attached hydrogen (secondary N) is 1. The zero-order valence-corrected chi connectivity index (χ0v) is 5.89. The average molecular weight is 132 g/mol. The second-order valence-corrected chi connectivity index (χ2v) is 2.61. The molecule has 0 amide bonds. The van der Waals surface area contributed by atoms with Gasteiger partial charge in [-0.2, -0.15) is 0 Å². The average Bonchev–Trinajstić information content (AvgIpc) is 1.83. The van der Waals surface area contributed by atoms with E-state index in [-0.39, 0.29) is 12.1 Å². The van der Waals surface area contributed by atoms with E-state index in [2.05, 4.69) is 5.32 Å². The minimum Gasteiger partial charge on any atom is -0.311 e. The number of rotatable bonds is 0. The van der Waals surface area contributed by atoms with E-state index in [1.54, 1.807) is 0 Å². The molecular formula is C6H13FN2. The zero-order valence-electron chi connectivity index (χ0n) is 5.89. The summed E-state index contributed by atoms with van der Waals surface area (Å²) in [6.45, 7) is 5.17. The maximum Gasteiger partial charge on any atom is 0.0525 e. The number of hydrogen-bond donors (Lipinski definition) is 1. The first-order chi connectivity index (χ1) is 4.22. The molecule has 1 aliphatic rings. The van der Waals surface area contributed by atoms with Crippen LogP contribution < -0.4 is 5.32 Å². The van der Waals surface area contributed by atoms with Crippen molar-refractivity contribution in [2.45, 2.75) is 25.9 Å². The molecule has 3 heteroatoms. The normalized spacial score (nSPS) is 39.0. The number of hydrogen-bond acceptors (Lipinski definition) is 2. The van der Waals surface area contributed by atoms with Gasteiger partial charge >= 0.3 is 0 Å². The molecule has 0 spiro atoms. The van der Waals surface area contributed by atoms with Gasteiger partial charge in [-0.3, -0.25) is 0 Å². The van der Waals surface area contributed by atoms with Gasteiger partial charge in [-0.15, -0.1) is 9.60 Å². The van der Waals surface area contributed by atoms with Crippen molar-refractivity contribution in [2.75, 3.05) is 13.1 Å². The van der Waals surface area contributed by atoms with Gasteiger partial charge in [0.05, 0.1) is 6.04 Å². The van der Waals surface area contributed by atoms with E-state index in [0.29, 0.717) is 6.54 Å². The lowest BCUT2D eigenvalue weighted by Gasteiger charge is -2.31. The SMILES string of the molecule is CC1NCCN(F)C1C. The third-order valence-corrected chi connectivity index (χ3v) is 1.96. The predicted molar refractivity (Wildman–Crippen MR) is 34.7 cm³/mol. The molecule has 2 unspecified atom stereocenters. The number of nitrogens with zero attached hydrogens (tertiary/aromatic N) is 1. The summed E-state index contributed by atoms with van der Waals surface area (Å²) in [5.74, 6) is 0. The summed E-state index contributed by atoms with van der Waals surface area (Å²) in [4.78, 5) is 0. The van der Waals surface area contributed by atoms with Crippen LogP contribution in [-0.2, 0) is 0 Å². The molecule has 2 nitrogen and oxygen atoms in total. The third kappa shape index (κ3) is 1.40. The van der Waals surface area contributed by atoms with Crippen molar-refractivity contribution in [2.24, 2.45) is 0 Å². The molecule has 2 atom stereocenters.